The van der Waals surface area contributed by atoms with E-state index in [1.165, 1.54) is 5.56 Å². The van der Waals surface area contributed by atoms with E-state index in [0.717, 1.165) is 23.6 Å². The molecule has 140 valence electrons. The summed E-state index contributed by atoms with van der Waals surface area (Å²) in [6.45, 7) is 1.15. The summed E-state index contributed by atoms with van der Waals surface area (Å²) in [7, 11) is -3.28. The fourth-order valence-corrected chi connectivity index (χ4v) is 3.68. The first-order valence-electron chi connectivity index (χ1n) is 8.57. The second kappa shape index (κ2) is 8.11. The minimum Gasteiger partial charge on any atom is -0.379 e. The third-order valence-electron chi connectivity index (χ3n) is 4.48. The lowest BCUT2D eigenvalue weighted by Crippen LogP contribution is -2.41. The number of pyridine rings is 1. The Kier molecular flexibility index (Phi) is 5.85. The van der Waals surface area contributed by atoms with Crippen molar-refractivity contribution in [1.82, 2.24) is 15.0 Å². The average Bonchev–Trinajstić information content (AvgIpc) is 3.01. The van der Waals surface area contributed by atoms with Crippen LogP contribution in [-0.4, -0.2) is 51.4 Å². The first-order valence-corrected chi connectivity index (χ1v) is 10.5. The van der Waals surface area contributed by atoms with Gasteiger partial charge in [-0.3, -0.25) is 9.78 Å². The van der Waals surface area contributed by atoms with Crippen molar-refractivity contribution >= 4 is 26.8 Å². The maximum Gasteiger partial charge on any atom is 0.221 e. The fraction of sp³-hybridized carbons (Fsp3) is 0.444. The van der Waals surface area contributed by atoms with E-state index in [1.807, 2.05) is 24.3 Å². The van der Waals surface area contributed by atoms with Gasteiger partial charge in [0, 0.05) is 30.5 Å². The number of fused-ring (bicyclic) bond motifs is 1. The van der Waals surface area contributed by atoms with E-state index in [9.17, 15) is 13.2 Å². The third-order valence-corrected chi connectivity index (χ3v) is 5.21. The van der Waals surface area contributed by atoms with Gasteiger partial charge in [-0.05, 0) is 24.1 Å². The van der Waals surface area contributed by atoms with Gasteiger partial charge in [0.1, 0.15) is 0 Å². The van der Waals surface area contributed by atoms with Crippen LogP contribution in [0.4, 0.5) is 0 Å². The van der Waals surface area contributed by atoms with Crippen LogP contribution in [0.1, 0.15) is 12.0 Å². The van der Waals surface area contributed by atoms with E-state index in [-0.39, 0.29) is 30.8 Å². The lowest BCUT2D eigenvalue weighted by atomic mass is 9.93. The van der Waals surface area contributed by atoms with Gasteiger partial charge in [0.15, 0.2) is 0 Å². The van der Waals surface area contributed by atoms with Gasteiger partial charge in [0.2, 0.25) is 15.9 Å². The molecule has 1 amide bonds. The number of nitrogens with one attached hydrogen (secondary N) is 2. The van der Waals surface area contributed by atoms with Crippen LogP contribution >= 0.6 is 0 Å². The van der Waals surface area contributed by atoms with E-state index in [1.54, 1.807) is 6.20 Å². The lowest BCUT2D eigenvalue weighted by Gasteiger charge is -2.20. The number of aromatic nitrogens is 1. The lowest BCUT2D eigenvalue weighted by molar-refractivity contribution is -0.121. The van der Waals surface area contributed by atoms with Crippen LogP contribution < -0.4 is 10.0 Å². The molecule has 1 saturated heterocycles. The minimum atomic E-state index is -3.28. The van der Waals surface area contributed by atoms with E-state index in [0.29, 0.717) is 13.2 Å². The molecule has 0 aliphatic carbocycles. The molecular formula is C18H23N3O4S. The molecule has 26 heavy (non-hydrogen) atoms. The van der Waals surface area contributed by atoms with Crippen molar-refractivity contribution in [2.24, 2.45) is 5.92 Å². The van der Waals surface area contributed by atoms with Crippen molar-refractivity contribution in [1.29, 1.82) is 0 Å². The van der Waals surface area contributed by atoms with E-state index in [2.05, 4.69) is 21.1 Å². The highest BCUT2D eigenvalue weighted by Gasteiger charge is 2.30. The van der Waals surface area contributed by atoms with Crippen molar-refractivity contribution in [3.05, 3.63) is 42.1 Å². The summed E-state index contributed by atoms with van der Waals surface area (Å²) in [5.74, 6) is -0.00569. The smallest absolute Gasteiger partial charge is 0.221 e. The Hall–Kier alpha value is -2.03. The van der Waals surface area contributed by atoms with Crippen LogP contribution in [0.15, 0.2) is 36.5 Å². The summed E-state index contributed by atoms with van der Waals surface area (Å²) in [6.07, 6.45) is 3.77. The Labute approximate surface area is 153 Å². The van der Waals surface area contributed by atoms with Crippen molar-refractivity contribution in [2.75, 3.05) is 26.0 Å². The molecule has 1 aromatic carbocycles. The van der Waals surface area contributed by atoms with Crippen molar-refractivity contribution in [3.63, 3.8) is 0 Å². The first kappa shape index (κ1) is 18.8. The molecule has 1 aromatic heterocycles. The number of hydrogen-bond acceptors (Lipinski definition) is 5. The number of sulfonamides is 1. The molecule has 1 aliphatic rings. The summed E-state index contributed by atoms with van der Waals surface area (Å²) >= 11 is 0. The molecule has 3 rings (SSSR count). The summed E-state index contributed by atoms with van der Waals surface area (Å²) in [5, 5.41) is 4.08. The molecule has 1 fully saturated rings. The summed E-state index contributed by atoms with van der Waals surface area (Å²) < 4.78 is 30.0. The van der Waals surface area contributed by atoms with Gasteiger partial charge in [0.05, 0.1) is 31.0 Å². The van der Waals surface area contributed by atoms with Crippen molar-refractivity contribution in [2.45, 2.75) is 18.9 Å². The summed E-state index contributed by atoms with van der Waals surface area (Å²) in [5.41, 5.74) is 2.14. The third kappa shape index (κ3) is 5.00. The first-order chi connectivity index (χ1) is 12.4. The number of amides is 1. The molecule has 8 heteroatoms. The van der Waals surface area contributed by atoms with Gasteiger partial charge >= 0.3 is 0 Å². The number of rotatable bonds is 7. The van der Waals surface area contributed by atoms with Crippen LogP contribution in [0.2, 0.25) is 0 Å². The molecule has 0 bridgehead atoms. The summed E-state index contributed by atoms with van der Waals surface area (Å²) in [6, 6.07) is 9.93. The number of ether oxygens (including phenoxy) is 1. The van der Waals surface area contributed by atoms with Crippen LogP contribution in [0.25, 0.3) is 10.9 Å². The molecule has 2 aromatic rings. The highest BCUT2D eigenvalue weighted by atomic mass is 32.2. The topological polar surface area (TPSA) is 97.4 Å². The second-order valence-corrected chi connectivity index (χ2v) is 8.41. The Bertz CT molecular complexity index is 880. The molecular weight excluding hydrogens is 354 g/mol. The Morgan fingerprint density at radius 1 is 1.27 bits per heavy atom. The molecule has 2 atom stereocenters. The van der Waals surface area contributed by atoms with Gasteiger partial charge in [-0.2, -0.15) is 0 Å². The zero-order valence-electron chi connectivity index (χ0n) is 14.6. The second-order valence-electron chi connectivity index (χ2n) is 6.58. The monoisotopic (exact) mass is 377 g/mol. The van der Waals surface area contributed by atoms with E-state index >= 15 is 0 Å². The van der Waals surface area contributed by atoms with E-state index < -0.39 is 10.0 Å². The molecule has 0 radical (unpaired) electrons. The number of benzene rings is 1. The quantitative estimate of drug-likeness (QED) is 0.745. The molecule has 7 nitrogen and oxygen atoms in total. The average molecular weight is 377 g/mol. The highest BCUT2D eigenvalue weighted by molar-refractivity contribution is 7.88. The van der Waals surface area contributed by atoms with Crippen molar-refractivity contribution < 1.29 is 17.9 Å². The SMILES string of the molecule is CS(=O)(=O)NCCC(=O)N[C@H]1COC[C@H]1Cc1ccnc2ccccc12. The molecule has 1 aliphatic heterocycles. The highest BCUT2D eigenvalue weighted by Crippen LogP contribution is 2.24. The molecule has 2 heterocycles. The van der Waals surface area contributed by atoms with Crippen LogP contribution in [0.5, 0.6) is 0 Å². The van der Waals surface area contributed by atoms with Crippen LogP contribution in [0, 0.1) is 5.92 Å². The minimum absolute atomic E-state index is 0.0762. The zero-order valence-corrected chi connectivity index (χ0v) is 15.5. The standard InChI is InChI=1S/C18H23N3O4S/c1-26(23,24)20-9-7-18(22)21-17-12-25-11-14(17)10-13-6-8-19-16-5-3-2-4-15(13)16/h2-6,8,14,17,20H,7,9-12H2,1H3,(H,21,22)/t14-,17+/m1/s1. The van der Waals surface area contributed by atoms with Gasteiger partial charge in [0.25, 0.3) is 0 Å². The number of carbonyl (C=O) groups excluding carboxylic acids is 1. The number of para-hydroxylation sites is 1. The van der Waals surface area contributed by atoms with Crippen LogP contribution in [-0.2, 0) is 26.0 Å². The molecule has 0 spiro atoms. The maximum absolute atomic E-state index is 12.1. The van der Waals surface area contributed by atoms with Gasteiger partial charge in [-0.25, -0.2) is 13.1 Å². The Morgan fingerprint density at radius 2 is 2.08 bits per heavy atom. The molecule has 2 N–H and O–H groups in total. The van der Waals surface area contributed by atoms with E-state index in [4.69, 9.17) is 4.74 Å². The zero-order chi connectivity index (χ0) is 18.6. The maximum atomic E-state index is 12.1. The van der Waals surface area contributed by atoms with Crippen molar-refractivity contribution in [3.8, 4) is 0 Å². The van der Waals surface area contributed by atoms with Crippen LogP contribution in [0.3, 0.4) is 0 Å². The largest absolute Gasteiger partial charge is 0.379 e. The van der Waals surface area contributed by atoms with Gasteiger partial charge in [-0.1, -0.05) is 18.2 Å². The predicted octanol–water partition coefficient (Wildman–Crippen LogP) is 0.848. The Balaban J connectivity index is 1.60. The van der Waals surface area contributed by atoms with Gasteiger partial charge in [-0.15, -0.1) is 0 Å². The Morgan fingerprint density at radius 3 is 2.88 bits per heavy atom. The normalized spacial score (nSPS) is 20.3. The molecule has 0 saturated carbocycles. The van der Waals surface area contributed by atoms with Gasteiger partial charge < -0.3 is 10.1 Å². The molecule has 0 unspecified atom stereocenters. The number of nitrogens with zero attached hydrogens (tertiary/aromatic N) is 1. The fourth-order valence-electron chi connectivity index (χ4n) is 3.20. The summed E-state index contributed by atoms with van der Waals surface area (Å²) in [4.78, 5) is 16.5. The number of carbonyl (C=O) groups is 1. The predicted molar refractivity (Wildman–Crippen MR) is 99.2 cm³/mol. The number of hydrogen-bond donors (Lipinski definition) is 2.